The molecule has 0 spiro atoms. The van der Waals surface area contributed by atoms with Crippen LogP contribution < -0.4 is 5.32 Å². The van der Waals surface area contributed by atoms with E-state index in [1.54, 1.807) is 18.2 Å². The number of esters is 1. The number of methoxy groups -OCH3 is 1. The summed E-state index contributed by atoms with van der Waals surface area (Å²) < 4.78 is 4.93. The third-order valence-electron chi connectivity index (χ3n) is 5.25. The molecule has 0 unspecified atom stereocenters. The Bertz CT molecular complexity index is 1140. The van der Waals surface area contributed by atoms with Gasteiger partial charge in [0.05, 0.1) is 30.0 Å². The van der Waals surface area contributed by atoms with E-state index in [-0.39, 0.29) is 12.2 Å². The van der Waals surface area contributed by atoms with E-state index >= 15 is 0 Å². The number of nitriles is 1. The number of nitrogens with one attached hydrogen (secondary N) is 1. The number of hydrogen-bond acceptors (Lipinski definition) is 5. The first-order valence-corrected chi connectivity index (χ1v) is 10.6. The minimum absolute atomic E-state index is 0.137. The highest BCUT2D eigenvalue weighted by atomic mass is 16.5. The summed E-state index contributed by atoms with van der Waals surface area (Å²) in [4.78, 5) is 24.5. The van der Waals surface area contributed by atoms with E-state index in [9.17, 15) is 14.9 Å². The average Bonchev–Trinajstić information content (AvgIpc) is 2.83. The van der Waals surface area contributed by atoms with Gasteiger partial charge < -0.3 is 10.1 Å². The Hall–Kier alpha value is -3.91. The summed E-state index contributed by atoms with van der Waals surface area (Å²) in [6.45, 7) is 2.45. The van der Waals surface area contributed by atoms with Crippen molar-refractivity contribution in [1.29, 1.82) is 5.26 Å². The van der Waals surface area contributed by atoms with E-state index in [4.69, 9.17) is 4.74 Å². The molecule has 0 saturated heterocycles. The van der Waals surface area contributed by atoms with E-state index in [2.05, 4.69) is 11.4 Å². The lowest BCUT2D eigenvalue weighted by molar-refractivity contribution is -0.118. The number of anilines is 1. The highest BCUT2D eigenvalue weighted by molar-refractivity contribution is 5.97. The van der Waals surface area contributed by atoms with Gasteiger partial charge in [-0.2, -0.15) is 5.26 Å². The van der Waals surface area contributed by atoms with Gasteiger partial charge in [0.1, 0.15) is 5.78 Å². The molecule has 1 N–H and O–H groups in total. The SMILES string of the molecule is CCCC(=O)Cc1cccc(C(=O)OC)c1NCc1ccc(-c2ccccc2C#N)cc1. The van der Waals surface area contributed by atoms with Crippen LogP contribution in [0.2, 0.25) is 0 Å². The molecule has 5 nitrogen and oxygen atoms in total. The molecule has 5 heteroatoms. The molecule has 0 aliphatic rings. The monoisotopic (exact) mass is 426 g/mol. The fourth-order valence-corrected chi connectivity index (χ4v) is 3.64. The van der Waals surface area contributed by atoms with E-state index in [0.717, 1.165) is 28.7 Å². The normalized spacial score (nSPS) is 10.3. The zero-order valence-corrected chi connectivity index (χ0v) is 18.4. The lowest BCUT2D eigenvalue weighted by Gasteiger charge is -2.16. The lowest BCUT2D eigenvalue weighted by Crippen LogP contribution is -2.13. The number of carbonyl (C=O) groups is 2. The molecule has 0 atom stereocenters. The van der Waals surface area contributed by atoms with Crippen LogP contribution in [-0.4, -0.2) is 18.9 Å². The fourth-order valence-electron chi connectivity index (χ4n) is 3.64. The maximum atomic E-state index is 12.3. The number of ketones is 1. The molecule has 3 rings (SSSR count). The van der Waals surface area contributed by atoms with Gasteiger partial charge in [0.15, 0.2) is 0 Å². The maximum Gasteiger partial charge on any atom is 0.339 e. The Morgan fingerprint density at radius 1 is 1.00 bits per heavy atom. The van der Waals surface area contributed by atoms with Crippen molar-refractivity contribution in [2.75, 3.05) is 12.4 Å². The predicted molar refractivity (Wildman–Crippen MR) is 125 cm³/mol. The quantitative estimate of drug-likeness (QED) is 0.455. The Morgan fingerprint density at radius 2 is 1.75 bits per heavy atom. The van der Waals surface area contributed by atoms with Crippen molar-refractivity contribution in [3.63, 3.8) is 0 Å². The van der Waals surface area contributed by atoms with Crippen molar-refractivity contribution in [2.24, 2.45) is 0 Å². The predicted octanol–water partition coefficient (Wildman–Crippen LogP) is 5.54. The second kappa shape index (κ2) is 10.9. The van der Waals surface area contributed by atoms with Crippen LogP contribution in [0.15, 0.2) is 66.7 Å². The number of nitrogens with zero attached hydrogens (tertiary/aromatic N) is 1. The third-order valence-corrected chi connectivity index (χ3v) is 5.25. The second-order valence-corrected chi connectivity index (χ2v) is 7.50. The lowest BCUT2D eigenvalue weighted by atomic mass is 9.99. The maximum absolute atomic E-state index is 12.3. The van der Waals surface area contributed by atoms with Crippen LogP contribution in [0.5, 0.6) is 0 Å². The Labute approximate surface area is 188 Å². The first-order valence-electron chi connectivity index (χ1n) is 10.6. The van der Waals surface area contributed by atoms with Crippen molar-refractivity contribution >= 4 is 17.4 Å². The van der Waals surface area contributed by atoms with Crippen molar-refractivity contribution < 1.29 is 14.3 Å². The van der Waals surface area contributed by atoms with Crippen LogP contribution in [0.25, 0.3) is 11.1 Å². The second-order valence-electron chi connectivity index (χ2n) is 7.50. The van der Waals surface area contributed by atoms with Gasteiger partial charge in [-0.3, -0.25) is 4.79 Å². The van der Waals surface area contributed by atoms with Gasteiger partial charge in [-0.1, -0.05) is 61.5 Å². The number of ether oxygens (including phenoxy) is 1. The largest absolute Gasteiger partial charge is 0.465 e. The summed E-state index contributed by atoms with van der Waals surface area (Å²) in [5, 5.41) is 12.7. The van der Waals surface area contributed by atoms with Gasteiger partial charge in [0.25, 0.3) is 0 Å². The van der Waals surface area contributed by atoms with Gasteiger partial charge in [-0.15, -0.1) is 0 Å². The van der Waals surface area contributed by atoms with Crippen molar-refractivity contribution in [3.8, 4) is 17.2 Å². The number of carbonyl (C=O) groups excluding carboxylic acids is 2. The van der Waals surface area contributed by atoms with Crippen LogP contribution in [-0.2, 0) is 22.5 Å². The smallest absolute Gasteiger partial charge is 0.339 e. The molecule has 0 aromatic heterocycles. The minimum atomic E-state index is -0.444. The van der Waals surface area contributed by atoms with Crippen molar-refractivity contribution in [3.05, 3.63) is 89.0 Å². The van der Waals surface area contributed by atoms with E-state index in [1.165, 1.54) is 7.11 Å². The standard InChI is InChI=1S/C27H26N2O3/c1-3-7-23(30)16-21-9-6-11-25(27(31)32-2)26(21)29-18-19-12-14-20(15-13-19)24-10-5-4-8-22(24)17-28/h4-6,8-15,29H,3,7,16,18H2,1-2H3. The van der Waals surface area contributed by atoms with E-state index in [1.807, 2.05) is 55.5 Å². The molecule has 32 heavy (non-hydrogen) atoms. The Kier molecular flexibility index (Phi) is 7.77. The highest BCUT2D eigenvalue weighted by Gasteiger charge is 2.17. The highest BCUT2D eigenvalue weighted by Crippen LogP contribution is 2.26. The van der Waals surface area contributed by atoms with Crippen LogP contribution in [0.1, 0.15) is 46.8 Å². The molecule has 162 valence electrons. The molecular weight excluding hydrogens is 400 g/mol. The summed E-state index contributed by atoms with van der Waals surface area (Å²) >= 11 is 0. The molecule has 3 aromatic rings. The average molecular weight is 427 g/mol. The molecular formula is C27H26N2O3. The molecule has 3 aromatic carbocycles. The van der Waals surface area contributed by atoms with Crippen LogP contribution in [0.4, 0.5) is 5.69 Å². The first kappa shape index (κ1) is 22.8. The summed E-state index contributed by atoms with van der Waals surface area (Å²) in [5.41, 5.74) is 5.32. The summed E-state index contributed by atoms with van der Waals surface area (Å²) in [6.07, 6.45) is 1.57. The number of Topliss-reactive ketones (excluding diaryl/α,β-unsaturated/α-hetero) is 1. The van der Waals surface area contributed by atoms with Gasteiger partial charge in [0, 0.05) is 19.4 Å². The zero-order valence-electron chi connectivity index (χ0n) is 18.4. The molecule has 0 saturated carbocycles. The van der Waals surface area contributed by atoms with Crippen LogP contribution in [0, 0.1) is 11.3 Å². The molecule has 0 radical (unpaired) electrons. The summed E-state index contributed by atoms with van der Waals surface area (Å²) in [7, 11) is 1.35. The van der Waals surface area contributed by atoms with Crippen molar-refractivity contribution in [2.45, 2.75) is 32.7 Å². The first-order chi connectivity index (χ1) is 15.6. The summed E-state index contributed by atoms with van der Waals surface area (Å²) in [6, 6.07) is 23.0. The molecule has 0 heterocycles. The zero-order chi connectivity index (χ0) is 22.9. The van der Waals surface area contributed by atoms with Crippen LogP contribution in [0.3, 0.4) is 0 Å². The molecule has 0 bridgehead atoms. The Morgan fingerprint density at radius 3 is 2.44 bits per heavy atom. The van der Waals surface area contributed by atoms with Gasteiger partial charge >= 0.3 is 5.97 Å². The van der Waals surface area contributed by atoms with E-state index < -0.39 is 5.97 Å². The third kappa shape index (κ3) is 5.41. The minimum Gasteiger partial charge on any atom is -0.465 e. The molecule has 0 aliphatic carbocycles. The number of benzene rings is 3. The van der Waals surface area contributed by atoms with Crippen molar-refractivity contribution in [1.82, 2.24) is 0 Å². The van der Waals surface area contributed by atoms with Gasteiger partial charge in [0.2, 0.25) is 0 Å². The van der Waals surface area contributed by atoms with Crippen LogP contribution >= 0.6 is 0 Å². The number of para-hydroxylation sites is 1. The van der Waals surface area contributed by atoms with Gasteiger partial charge in [-0.05, 0) is 40.8 Å². The summed E-state index contributed by atoms with van der Waals surface area (Å²) in [5.74, 6) is -0.307. The molecule has 0 fully saturated rings. The molecule has 0 aliphatic heterocycles. The number of hydrogen-bond donors (Lipinski definition) is 1. The Balaban J connectivity index is 1.83. The fraction of sp³-hybridized carbons (Fsp3) is 0.222. The molecule has 0 amide bonds. The topological polar surface area (TPSA) is 79.2 Å². The number of rotatable bonds is 9. The van der Waals surface area contributed by atoms with E-state index in [0.29, 0.717) is 29.8 Å². The van der Waals surface area contributed by atoms with Gasteiger partial charge in [-0.25, -0.2) is 4.79 Å².